The molecule has 0 bridgehead atoms. The van der Waals surface area contributed by atoms with Gasteiger partial charge < -0.3 is 9.88 Å². The van der Waals surface area contributed by atoms with Crippen molar-refractivity contribution in [2.75, 3.05) is 13.6 Å². The molecule has 1 heterocycles. The zero-order valence-corrected chi connectivity index (χ0v) is 7.37. The van der Waals surface area contributed by atoms with E-state index in [1.807, 2.05) is 7.05 Å². The lowest BCUT2D eigenvalue weighted by atomic mass is 10.2. The highest BCUT2D eigenvalue weighted by Gasteiger charge is 1.99. The first-order valence-corrected chi connectivity index (χ1v) is 3.90. The number of nitrogens with one attached hydrogen (secondary N) is 1. The SMILES string of the molecule is CNCCc1cncn(C)c1=O. The van der Waals surface area contributed by atoms with Crippen LogP contribution in [0.5, 0.6) is 0 Å². The zero-order chi connectivity index (χ0) is 8.97. The Kier molecular flexibility index (Phi) is 2.99. The van der Waals surface area contributed by atoms with Crippen molar-refractivity contribution in [3.8, 4) is 0 Å². The quantitative estimate of drug-likeness (QED) is 0.662. The molecule has 4 heteroatoms. The molecule has 1 N–H and O–H groups in total. The summed E-state index contributed by atoms with van der Waals surface area (Å²) in [6, 6.07) is 0. The second-order valence-electron chi connectivity index (χ2n) is 2.69. The lowest BCUT2D eigenvalue weighted by Gasteiger charge is -2.00. The van der Waals surface area contributed by atoms with E-state index in [0.717, 1.165) is 18.5 Å². The van der Waals surface area contributed by atoms with Crippen LogP contribution in [-0.4, -0.2) is 23.1 Å². The fourth-order valence-corrected chi connectivity index (χ4v) is 0.989. The number of aryl methyl sites for hydroxylation is 1. The maximum Gasteiger partial charge on any atom is 0.256 e. The van der Waals surface area contributed by atoms with Crippen LogP contribution < -0.4 is 10.9 Å². The monoisotopic (exact) mass is 167 g/mol. The van der Waals surface area contributed by atoms with Crippen LogP contribution in [-0.2, 0) is 13.5 Å². The van der Waals surface area contributed by atoms with Gasteiger partial charge in [-0.1, -0.05) is 0 Å². The van der Waals surface area contributed by atoms with Gasteiger partial charge in [0, 0.05) is 18.8 Å². The van der Waals surface area contributed by atoms with Crippen LogP contribution in [0.25, 0.3) is 0 Å². The van der Waals surface area contributed by atoms with Gasteiger partial charge in [0.25, 0.3) is 5.56 Å². The van der Waals surface area contributed by atoms with Gasteiger partial charge in [-0.2, -0.15) is 0 Å². The third-order valence-electron chi connectivity index (χ3n) is 1.71. The second kappa shape index (κ2) is 4.01. The van der Waals surface area contributed by atoms with Gasteiger partial charge in [0.05, 0.1) is 6.33 Å². The van der Waals surface area contributed by atoms with Gasteiger partial charge in [0.2, 0.25) is 0 Å². The molecule has 0 aromatic carbocycles. The summed E-state index contributed by atoms with van der Waals surface area (Å²) in [6.07, 6.45) is 3.88. The van der Waals surface area contributed by atoms with Gasteiger partial charge in [-0.15, -0.1) is 0 Å². The third-order valence-corrected chi connectivity index (χ3v) is 1.71. The zero-order valence-electron chi connectivity index (χ0n) is 7.37. The van der Waals surface area contributed by atoms with E-state index in [1.165, 1.54) is 10.9 Å². The van der Waals surface area contributed by atoms with Crippen molar-refractivity contribution in [3.63, 3.8) is 0 Å². The Hall–Kier alpha value is -1.16. The summed E-state index contributed by atoms with van der Waals surface area (Å²) in [4.78, 5) is 15.3. The first kappa shape index (κ1) is 8.93. The van der Waals surface area contributed by atoms with Gasteiger partial charge >= 0.3 is 0 Å². The number of hydrogen-bond acceptors (Lipinski definition) is 3. The van der Waals surface area contributed by atoms with Crippen molar-refractivity contribution in [1.82, 2.24) is 14.9 Å². The molecule has 1 aromatic rings. The van der Waals surface area contributed by atoms with E-state index in [0.29, 0.717) is 0 Å². The van der Waals surface area contributed by atoms with Gasteiger partial charge in [-0.3, -0.25) is 4.79 Å². The standard InChI is InChI=1S/C8H13N3O/c1-9-4-3-7-5-10-6-11(2)8(7)12/h5-6,9H,3-4H2,1-2H3. The van der Waals surface area contributed by atoms with E-state index < -0.39 is 0 Å². The third kappa shape index (κ3) is 1.92. The maximum atomic E-state index is 11.4. The number of likely N-dealkylation sites (N-methyl/N-ethyl adjacent to an activating group) is 1. The molecule has 0 atom stereocenters. The lowest BCUT2D eigenvalue weighted by molar-refractivity contribution is 0.747. The van der Waals surface area contributed by atoms with E-state index in [4.69, 9.17) is 0 Å². The molecule has 1 rings (SSSR count). The van der Waals surface area contributed by atoms with Crippen molar-refractivity contribution < 1.29 is 0 Å². The van der Waals surface area contributed by atoms with Crippen molar-refractivity contribution in [2.24, 2.45) is 7.05 Å². The van der Waals surface area contributed by atoms with Crippen LogP contribution >= 0.6 is 0 Å². The van der Waals surface area contributed by atoms with E-state index in [9.17, 15) is 4.79 Å². The molecule has 0 radical (unpaired) electrons. The highest BCUT2D eigenvalue weighted by molar-refractivity contribution is 5.04. The van der Waals surface area contributed by atoms with Gasteiger partial charge in [-0.25, -0.2) is 4.98 Å². The number of nitrogens with zero attached hydrogens (tertiary/aromatic N) is 2. The molecule has 12 heavy (non-hydrogen) atoms. The molecule has 0 spiro atoms. The van der Waals surface area contributed by atoms with Crippen molar-refractivity contribution >= 4 is 0 Å². The minimum Gasteiger partial charge on any atom is -0.319 e. The molecule has 1 aromatic heterocycles. The summed E-state index contributed by atoms with van der Waals surface area (Å²) in [7, 11) is 3.57. The minimum absolute atomic E-state index is 0.0419. The van der Waals surface area contributed by atoms with Crippen LogP contribution in [0.1, 0.15) is 5.56 Å². The second-order valence-corrected chi connectivity index (χ2v) is 2.69. The van der Waals surface area contributed by atoms with Crippen LogP contribution in [0.3, 0.4) is 0 Å². The van der Waals surface area contributed by atoms with Gasteiger partial charge in [0.15, 0.2) is 0 Å². The Labute approximate surface area is 71.3 Å². The fourth-order valence-electron chi connectivity index (χ4n) is 0.989. The summed E-state index contributed by atoms with van der Waals surface area (Å²) in [5.41, 5.74) is 0.801. The first-order chi connectivity index (χ1) is 5.75. The Morgan fingerprint density at radius 2 is 2.42 bits per heavy atom. The smallest absolute Gasteiger partial charge is 0.256 e. The highest BCUT2D eigenvalue weighted by atomic mass is 16.1. The lowest BCUT2D eigenvalue weighted by Crippen LogP contribution is -2.23. The van der Waals surface area contributed by atoms with Crippen LogP contribution in [0, 0.1) is 0 Å². The molecule has 0 unspecified atom stereocenters. The largest absolute Gasteiger partial charge is 0.319 e. The molecule has 66 valence electrons. The minimum atomic E-state index is 0.0419. The van der Waals surface area contributed by atoms with Crippen LogP contribution in [0.15, 0.2) is 17.3 Å². The van der Waals surface area contributed by atoms with E-state index >= 15 is 0 Å². The van der Waals surface area contributed by atoms with Gasteiger partial charge in [-0.05, 0) is 20.0 Å². The summed E-state index contributed by atoms with van der Waals surface area (Å²) in [5, 5.41) is 2.99. The molecule has 4 nitrogen and oxygen atoms in total. The van der Waals surface area contributed by atoms with E-state index in [1.54, 1.807) is 13.2 Å². The summed E-state index contributed by atoms with van der Waals surface area (Å²) >= 11 is 0. The van der Waals surface area contributed by atoms with Crippen LogP contribution in [0.2, 0.25) is 0 Å². The van der Waals surface area contributed by atoms with Gasteiger partial charge in [0.1, 0.15) is 0 Å². The Balaban J connectivity index is 2.85. The van der Waals surface area contributed by atoms with Crippen molar-refractivity contribution in [3.05, 3.63) is 28.4 Å². The molecule has 0 aliphatic rings. The Bertz CT molecular complexity index is 305. The molecular weight excluding hydrogens is 154 g/mol. The average Bonchev–Trinajstić information content (AvgIpc) is 2.08. The summed E-state index contributed by atoms with van der Waals surface area (Å²) < 4.78 is 1.49. The molecule has 0 aliphatic heterocycles. The molecule has 0 fully saturated rings. The molecule has 0 saturated heterocycles. The maximum absolute atomic E-state index is 11.4. The number of rotatable bonds is 3. The predicted octanol–water partition coefficient (Wildman–Crippen LogP) is -0.458. The number of aromatic nitrogens is 2. The summed E-state index contributed by atoms with van der Waals surface area (Å²) in [5.74, 6) is 0. The normalized spacial score (nSPS) is 10.2. The molecule has 0 amide bonds. The molecule has 0 saturated carbocycles. The molecular formula is C8H13N3O. The van der Waals surface area contributed by atoms with E-state index in [-0.39, 0.29) is 5.56 Å². The fraction of sp³-hybridized carbons (Fsp3) is 0.500. The van der Waals surface area contributed by atoms with E-state index in [2.05, 4.69) is 10.3 Å². The highest BCUT2D eigenvalue weighted by Crippen LogP contribution is 1.87. The van der Waals surface area contributed by atoms with Crippen molar-refractivity contribution in [1.29, 1.82) is 0 Å². The average molecular weight is 167 g/mol. The Morgan fingerprint density at radius 1 is 1.67 bits per heavy atom. The van der Waals surface area contributed by atoms with Crippen LogP contribution in [0.4, 0.5) is 0 Å². The predicted molar refractivity (Wildman–Crippen MR) is 47.1 cm³/mol. The molecule has 0 aliphatic carbocycles. The summed E-state index contributed by atoms with van der Waals surface area (Å²) in [6.45, 7) is 0.806. The van der Waals surface area contributed by atoms with Crippen molar-refractivity contribution in [2.45, 2.75) is 6.42 Å². The first-order valence-electron chi connectivity index (χ1n) is 3.90. The Morgan fingerprint density at radius 3 is 3.08 bits per heavy atom. The number of hydrogen-bond donors (Lipinski definition) is 1. The topological polar surface area (TPSA) is 46.9 Å².